The van der Waals surface area contributed by atoms with E-state index in [-0.39, 0.29) is 18.2 Å². The lowest BCUT2D eigenvalue weighted by Gasteiger charge is -2.31. The number of rotatable bonds is 2. The maximum Gasteiger partial charge on any atom is 0.410 e. The highest BCUT2D eigenvalue weighted by atomic mass is 16.6. The normalized spacial score (nSPS) is 19.6. The summed E-state index contributed by atoms with van der Waals surface area (Å²) in [5.41, 5.74) is 3.21. The molecule has 0 aliphatic carbocycles. The van der Waals surface area contributed by atoms with Crippen molar-refractivity contribution in [1.82, 2.24) is 10.2 Å². The van der Waals surface area contributed by atoms with Crippen LogP contribution in [0, 0.1) is 0 Å². The van der Waals surface area contributed by atoms with Crippen molar-refractivity contribution in [3.8, 4) is 0 Å². The van der Waals surface area contributed by atoms with Crippen molar-refractivity contribution in [2.45, 2.75) is 45.4 Å². The highest BCUT2D eigenvalue weighted by Crippen LogP contribution is 2.34. The Morgan fingerprint density at radius 3 is 2.79 bits per heavy atom. The van der Waals surface area contributed by atoms with E-state index in [2.05, 4.69) is 11.4 Å². The minimum absolute atomic E-state index is 0.230. The number of nitrogens with one attached hydrogen (secondary N) is 1. The van der Waals surface area contributed by atoms with Gasteiger partial charge in [-0.15, -0.1) is 0 Å². The Hall–Kier alpha value is -2.08. The molecule has 0 radical (unpaired) electrons. The predicted molar refractivity (Wildman–Crippen MR) is 88.9 cm³/mol. The Bertz CT molecular complexity index is 678. The van der Waals surface area contributed by atoms with E-state index in [1.54, 1.807) is 4.90 Å². The van der Waals surface area contributed by atoms with Crippen molar-refractivity contribution in [3.63, 3.8) is 0 Å². The molecule has 0 aromatic heterocycles. The summed E-state index contributed by atoms with van der Waals surface area (Å²) in [5, 5.41) is 3.05. The Morgan fingerprint density at radius 1 is 1.38 bits per heavy atom. The first-order chi connectivity index (χ1) is 11.3. The van der Waals surface area contributed by atoms with Crippen molar-refractivity contribution in [3.05, 3.63) is 34.4 Å². The van der Waals surface area contributed by atoms with Gasteiger partial charge in [-0.1, -0.05) is 6.07 Å². The van der Waals surface area contributed by atoms with E-state index in [9.17, 15) is 9.59 Å². The van der Waals surface area contributed by atoms with Crippen molar-refractivity contribution in [1.29, 1.82) is 0 Å². The summed E-state index contributed by atoms with van der Waals surface area (Å²) < 4.78 is 10.9. The second-order valence-electron chi connectivity index (χ2n) is 7.31. The molecular formula is C18H24N2O4. The van der Waals surface area contributed by atoms with E-state index in [1.807, 2.05) is 33.9 Å². The van der Waals surface area contributed by atoms with Gasteiger partial charge in [-0.05, 0) is 51.4 Å². The largest absolute Gasteiger partial charge is 0.452 e. The zero-order chi connectivity index (χ0) is 17.5. The number of benzene rings is 1. The van der Waals surface area contributed by atoms with Crippen LogP contribution in [0.25, 0.3) is 0 Å². The maximum atomic E-state index is 12.3. The predicted octanol–water partition coefficient (Wildman–Crippen LogP) is 2.41. The fourth-order valence-electron chi connectivity index (χ4n) is 3.15. The molecule has 0 fully saturated rings. The molecule has 1 N–H and O–H groups in total. The average Bonchev–Trinajstić information content (AvgIpc) is 2.79. The molecule has 130 valence electrons. The molecule has 0 saturated heterocycles. The molecule has 6 heteroatoms. The summed E-state index contributed by atoms with van der Waals surface area (Å²) >= 11 is 0. The van der Waals surface area contributed by atoms with Gasteiger partial charge in [-0.25, -0.2) is 9.59 Å². The van der Waals surface area contributed by atoms with Gasteiger partial charge in [0, 0.05) is 25.2 Å². The maximum absolute atomic E-state index is 12.3. The molecular weight excluding hydrogens is 308 g/mol. The molecule has 2 aliphatic rings. The van der Waals surface area contributed by atoms with Crippen molar-refractivity contribution < 1.29 is 19.1 Å². The van der Waals surface area contributed by atoms with Crippen LogP contribution in [0.5, 0.6) is 0 Å². The number of nitrogens with zero attached hydrogens (tertiary/aromatic N) is 1. The zero-order valence-corrected chi connectivity index (χ0v) is 14.6. The quantitative estimate of drug-likeness (QED) is 0.843. The summed E-state index contributed by atoms with van der Waals surface area (Å²) in [4.78, 5) is 26.0. The van der Waals surface area contributed by atoms with Gasteiger partial charge in [-0.3, -0.25) is 0 Å². The van der Waals surface area contributed by atoms with Crippen LogP contribution < -0.4 is 5.32 Å². The van der Waals surface area contributed by atoms with E-state index in [1.165, 1.54) is 5.56 Å². The van der Waals surface area contributed by atoms with Crippen LogP contribution in [0.2, 0.25) is 0 Å². The number of cyclic esters (lactones) is 1. The van der Waals surface area contributed by atoms with E-state index >= 15 is 0 Å². The molecule has 1 unspecified atom stereocenters. The molecule has 2 heterocycles. The van der Waals surface area contributed by atoms with Crippen LogP contribution in [0.3, 0.4) is 0 Å². The molecule has 1 atom stereocenters. The Labute approximate surface area is 142 Å². The average molecular weight is 332 g/mol. The first-order valence-corrected chi connectivity index (χ1v) is 8.27. The number of hydrogen-bond donors (Lipinski definition) is 1. The van der Waals surface area contributed by atoms with Crippen molar-refractivity contribution in [2.24, 2.45) is 0 Å². The van der Waals surface area contributed by atoms with Gasteiger partial charge < -0.3 is 19.7 Å². The van der Waals surface area contributed by atoms with Crippen LogP contribution >= 0.6 is 0 Å². The third kappa shape index (κ3) is 3.24. The number of likely N-dealkylation sites (N-methyl/N-ethyl adjacent to an activating group) is 1. The van der Waals surface area contributed by atoms with Crippen LogP contribution in [-0.2, 0) is 22.4 Å². The second-order valence-corrected chi connectivity index (χ2v) is 7.31. The number of hydrogen-bond acceptors (Lipinski definition) is 5. The van der Waals surface area contributed by atoms with Crippen molar-refractivity contribution >= 4 is 12.1 Å². The van der Waals surface area contributed by atoms with Gasteiger partial charge in [0.25, 0.3) is 0 Å². The second kappa shape index (κ2) is 6.09. The van der Waals surface area contributed by atoms with Gasteiger partial charge >= 0.3 is 12.1 Å². The van der Waals surface area contributed by atoms with Crippen LogP contribution in [0.4, 0.5) is 4.79 Å². The molecule has 6 nitrogen and oxygen atoms in total. The zero-order valence-electron chi connectivity index (χ0n) is 14.6. The molecule has 3 rings (SSSR count). The SMILES string of the molecule is CNCC1OC(=O)c2cc3c(cc21)CCN(C(=O)OC(C)(C)C)C3. The summed E-state index contributed by atoms with van der Waals surface area (Å²) in [6, 6.07) is 3.93. The monoisotopic (exact) mass is 332 g/mol. The van der Waals surface area contributed by atoms with Crippen LogP contribution in [0.1, 0.15) is 53.9 Å². The number of ether oxygens (including phenoxy) is 2. The molecule has 0 saturated carbocycles. The summed E-state index contributed by atoms with van der Waals surface area (Å²) in [6.07, 6.45) is 0.207. The Kier molecular flexibility index (Phi) is 4.25. The van der Waals surface area contributed by atoms with Gasteiger partial charge in [0.1, 0.15) is 11.7 Å². The minimum Gasteiger partial charge on any atom is -0.452 e. The summed E-state index contributed by atoms with van der Waals surface area (Å²) in [7, 11) is 1.84. The molecule has 1 aromatic rings. The van der Waals surface area contributed by atoms with Gasteiger partial charge in [0.15, 0.2) is 0 Å². The third-order valence-corrected chi connectivity index (χ3v) is 4.24. The topological polar surface area (TPSA) is 67.9 Å². The summed E-state index contributed by atoms with van der Waals surface area (Å²) in [6.45, 7) is 7.24. The van der Waals surface area contributed by atoms with E-state index in [0.29, 0.717) is 25.2 Å². The Balaban J connectivity index is 1.82. The highest BCUT2D eigenvalue weighted by molar-refractivity contribution is 5.94. The molecule has 2 aliphatic heterocycles. The molecule has 0 spiro atoms. The smallest absolute Gasteiger partial charge is 0.410 e. The number of carbonyl (C=O) groups excluding carboxylic acids is 2. The molecule has 0 bridgehead atoms. The lowest BCUT2D eigenvalue weighted by atomic mass is 9.92. The Morgan fingerprint density at radius 2 is 2.12 bits per heavy atom. The lowest BCUT2D eigenvalue weighted by molar-refractivity contribution is 0.0223. The molecule has 1 amide bonds. The first kappa shape index (κ1) is 16.8. The van der Waals surface area contributed by atoms with E-state index in [4.69, 9.17) is 9.47 Å². The number of fused-ring (bicyclic) bond motifs is 2. The molecule has 24 heavy (non-hydrogen) atoms. The standard InChI is InChI=1S/C18H24N2O4/c1-18(2,3)24-17(22)20-6-5-11-7-13-14(8-12(11)10-20)16(21)23-15(13)9-19-4/h7-8,15,19H,5-6,9-10H2,1-4H3. The highest BCUT2D eigenvalue weighted by Gasteiger charge is 2.33. The van der Waals surface area contributed by atoms with E-state index < -0.39 is 5.60 Å². The van der Waals surface area contributed by atoms with Crippen LogP contribution in [-0.4, -0.2) is 42.7 Å². The number of esters is 1. The van der Waals surface area contributed by atoms with Gasteiger partial charge in [0.05, 0.1) is 5.56 Å². The fraction of sp³-hybridized carbons (Fsp3) is 0.556. The number of carbonyl (C=O) groups is 2. The van der Waals surface area contributed by atoms with Crippen molar-refractivity contribution in [2.75, 3.05) is 20.1 Å². The minimum atomic E-state index is -0.514. The third-order valence-electron chi connectivity index (χ3n) is 4.24. The first-order valence-electron chi connectivity index (χ1n) is 8.27. The van der Waals surface area contributed by atoms with Gasteiger partial charge in [0.2, 0.25) is 0 Å². The molecule has 1 aromatic carbocycles. The van der Waals surface area contributed by atoms with Gasteiger partial charge in [-0.2, -0.15) is 0 Å². The fourth-order valence-corrected chi connectivity index (χ4v) is 3.15. The lowest BCUT2D eigenvalue weighted by Crippen LogP contribution is -2.40. The summed E-state index contributed by atoms with van der Waals surface area (Å²) in [5.74, 6) is -0.289. The number of amides is 1. The van der Waals surface area contributed by atoms with E-state index in [0.717, 1.165) is 17.5 Å². The van der Waals surface area contributed by atoms with Crippen LogP contribution in [0.15, 0.2) is 12.1 Å².